The van der Waals surface area contributed by atoms with Gasteiger partial charge in [0.1, 0.15) is 5.69 Å². The second kappa shape index (κ2) is 8.34. The van der Waals surface area contributed by atoms with Gasteiger partial charge in [-0.15, -0.1) is 0 Å². The van der Waals surface area contributed by atoms with Crippen molar-refractivity contribution in [2.45, 2.75) is 60.1 Å². The van der Waals surface area contributed by atoms with Crippen molar-refractivity contribution in [1.82, 2.24) is 9.88 Å². The molecule has 0 unspecified atom stereocenters. The minimum atomic E-state index is 0.00754. The van der Waals surface area contributed by atoms with Crippen LogP contribution in [0.2, 0.25) is 0 Å². The summed E-state index contributed by atoms with van der Waals surface area (Å²) in [5, 5.41) is 4.22. The number of aryl methyl sites for hydroxylation is 3. The highest BCUT2D eigenvalue weighted by Gasteiger charge is 2.19. The Balaban J connectivity index is 2.18. The highest BCUT2D eigenvalue weighted by Crippen LogP contribution is 2.27. The molecule has 0 spiro atoms. The lowest BCUT2D eigenvalue weighted by Gasteiger charge is -2.11. The van der Waals surface area contributed by atoms with Crippen LogP contribution in [0, 0.1) is 6.92 Å². The number of carbonyl (C=O) groups is 1. The fourth-order valence-electron chi connectivity index (χ4n) is 3.09. The molecule has 0 aliphatic rings. The zero-order valence-electron chi connectivity index (χ0n) is 15.6. The predicted octanol–water partition coefficient (Wildman–Crippen LogP) is 4.08. The summed E-state index contributed by atoms with van der Waals surface area (Å²) in [5.74, 6) is 0.00754. The molecular formula is C20H30N2O2. The lowest BCUT2D eigenvalue weighted by Crippen LogP contribution is -2.28. The summed E-state index contributed by atoms with van der Waals surface area (Å²) in [5.41, 5.74) is 4.29. The van der Waals surface area contributed by atoms with E-state index in [2.05, 4.69) is 41.9 Å². The average Bonchev–Trinajstić information content (AvgIpc) is 2.85. The van der Waals surface area contributed by atoms with Crippen molar-refractivity contribution in [2.75, 3.05) is 13.2 Å². The summed E-state index contributed by atoms with van der Waals surface area (Å²) < 4.78 is 7.63. The molecule has 0 aliphatic carbocycles. The fourth-order valence-corrected chi connectivity index (χ4v) is 3.09. The van der Waals surface area contributed by atoms with Crippen molar-refractivity contribution in [2.24, 2.45) is 0 Å². The lowest BCUT2D eigenvalue weighted by molar-refractivity contribution is 0.0756. The quantitative estimate of drug-likeness (QED) is 0.741. The van der Waals surface area contributed by atoms with E-state index in [1.807, 2.05) is 20.8 Å². The molecule has 4 nitrogen and oxygen atoms in total. The van der Waals surface area contributed by atoms with Crippen molar-refractivity contribution in [3.8, 4) is 0 Å². The van der Waals surface area contributed by atoms with E-state index in [4.69, 9.17) is 4.74 Å². The van der Waals surface area contributed by atoms with E-state index in [9.17, 15) is 4.79 Å². The number of amides is 1. The van der Waals surface area contributed by atoms with Crippen LogP contribution in [0.1, 0.15) is 55.7 Å². The van der Waals surface area contributed by atoms with Crippen molar-refractivity contribution in [3.05, 3.63) is 35.0 Å². The normalized spacial score (nSPS) is 11.4. The van der Waals surface area contributed by atoms with Crippen LogP contribution in [0.4, 0.5) is 0 Å². The first kappa shape index (κ1) is 18.5. The van der Waals surface area contributed by atoms with E-state index in [1.165, 1.54) is 10.9 Å². The first-order valence-electron chi connectivity index (χ1n) is 9.01. The second-order valence-electron chi connectivity index (χ2n) is 6.45. The number of aromatic nitrogens is 1. The van der Waals surface area contributed by atoms with Gasteiger partial charge in [-0.2, -0.15) is 0 Å². The molecule has 0 aliphatic heterocycles. The standard InChI is InChI=1S/C20H30N2O2/c1-6-16-9-10-18-17(13-16)15(5)19(22(18)7-2)20(23)21-11-8-12-24-14(3)4/h9-10,13-14H,6-8,11-12H2,1-5H3,(H,21,23). The summed E-state index contributed by atoms with van der Waals surface area (Å²) in [4.78, 5) is 12.7. The Morgan fingerprint density at radius 2 is 2.04 bits per heavy atom. The molecule has 2 rings (SSSR count). The van der Waals surface area contributed by atoms with Crippen LogP contribution in [-0.2, 0) is 17.7 Å². The molecule has 1 heterocycles. The highest BCUT2D eigenvalue weighted by atomic mass is 16.5. The molecule has 0 atom stereocenters. The highest BCUT2D eigenvalue weighted by molar-refractivity contribution is 6.01. The maximum atomic E-state index is 12.7. The Bertz CT molecular complexity index is 701. The number of nitrogens with one attached hydrogen (secondary N) is 1. The molecule has 0 saturated heterocycles. The number of hydrogen-bond donors (Lipinski definition) is 1. The van der Waals surface area contributed by atoms with Crippen LogP contribution in [0.5, 0.6) is 0 Å². The molecule has 0 fully saturated rings. The van der Waals surface area contributed by atoms with E-state index in [1.54, 1.807) is 0 Å². The summed E-state index contributed by atoms with van der Waals surface area (Å²) in [7, 11) is 0. The SMILES string of the molecule is CCc1ccc2c(c1)c(C)c(C(=O)NCCCOC(C)C)n2CC. The molecule has 24 heavy (non-hydrogen) atoms. The minimum Gasteiger partial charge on any atom is -0.379 e. The van der Waals surface area contributed by atoms with Gasteiger partial charge < -0.3 is 14.6 Å². The Morgan fingerprint density at radius 1 is 1.29 bits per heavy atom. The van der Waals surface area contributed by atoms with Crippen molar-refractivity contribution in [1.29, 1.82) is 0 Å². The van der Waals surface area contributed by atoms with E-state index >= 15 is 0 Å². The molecule has 4 heteroatoms. The first-order valence-corrected chi connectivity index (χ1v) is 9.01. The largest absolute Gasteiger partial charge is 0.379 e. The molecule has 2 aromatic rings. The maximum Gasteiger partial charge on any atom is 0.268 e. The molecule has 1 aromatic carbocycles. The fraction of sp³-hybridized carbons (Fsp3) is 0.550. The van der Waals surface area contributed by atoms with E-state index in [0.29, 0.717) is 13.2 Å². The van der Waals surface area contributed by atoms with Gasteiger partial charge >= 0.3 is 0 Å². The zero-order chi connectivity index (χ0) is 17.7. The number of carbonyl (C=O) groups excluding carboxylic acids is 1. The monoisotopic (exact) mass is 330 g/mol. The van der Waals surface area contributed by atoms with Gasteiger partial charge in [-0.25, -0.2) is 0 Å². The Labute approximate surface area is 145 Å². The summed E-state index contributed by atoms with van der Waals surface area (Å²) in [6, 6.07) is 6.50. The minimum absolute atomic E-state index is 0.00754. The van der Waals surface area contributed by atoms with Crippen LogP contribution in [0.3, 0.4) is 0 Å². The van der Waals surface area contributed by atoms with Crippen molar-refractivity contribution < 1.29 is 9.53 Å². The van der Waals surface area contributed by atoms with Gasteiger partial charge in [0, 0.05) is 30.6 Å². The van der Waals surface area contributed by atoms with Crippen molar-refractivity contribution in [3.63, 3.8) is 0 Å². The van der Waals surface area contributed by atoms with Crippen LogP contribution in [0.15, 0.2) is 18.2 Å². The molecule has 1 N–H and O–H groups in total. The summed E-state index contributed by atoms with van der Waals surface area (Å²) >= 11 is 0. The van der Waals surface area contributed by atoms with Gasteiger partial charge in [0.15, 0.2) is 0 Å². The zero-order valence-corrected chi connectivity index (χ0v) is 15.6. The molecule has 0 bridgehead atoms. The van der Waals surface area contributed by atoms with E-state index < -0.39 is 0 Å². The Hall–Kier alpha value is -1.81. The molecule has 1 aromatic heterocycles. The Kier molecular flexibility index (Phi) is 6.44. The van der Waals surface area contributed by atoms with E-state index in [0.717, 1.165) is 36.2 Å². The van der Waals surface area contributed by atoms with Crippen molar-refractivity contribution >= 4 is 16.8 Å². The van der Waals surface area contributed by atoms with Gasteiger partial charge in [-0.3, -0.25) is 4.79 Å². The second-order valence-corrected chi connectivity index (χ2v) is 6.45. The van der Waals surface area contributed by atoms with E-state index in [-0.39, 0.29) is 12.0 Å². The third kappa shape index (κ3) is 3.99. The number of fused-ring (bicyclic) bond motifs is 1. The molecule has 1 amide bonds. The number of nitrogens with zero attached hydrogens (tertiary/aromatic N) is 1. The third-order valence-corrected chi connectivity index (χ3v) is 4.38. The van der Waals surface area contributed by atoms with Gasteiger partial charge in [0.2, 0.25) is 0 Å². The van der Waals surface area contributed by atoms with Gasteiger partial charge in [-0.1, -0.05) is 13.0 Å². The number of hydrogen-bond acceptors (Lipinski definition) is 2. The average molecular weight is 330 g/mol. The molecular weight excluding hydrogens is 300 g/mol. The number of rotatable bonds is 8. The topological polar surface area (TPSA) is 43.3 Å². The van der Waals surface area contributed by atoms with Gasteiger partial charge in [0.05, 0.1) is 6.10 Å². The third-order valence-electron chi connectivity index (χ3n) is 4.38. The maximum absolute atomic E-state index is 12.7. The summed E-state index contributed by atoms with van der Waals surface area (Å²) in [6.07, 6.45) is 2.07. The molecule has 0 radical (unpaired) electrons. The first-order chi connectivity index (χ1) is 11.5. The van der Waals surface area contributed by atoms with Crippen LogP contribution in [-0.4, -0.2) is 29.7 Å². The van der Waals surface area contributed by atoms with Crippen LogP contribution in [0.25, 0.3) is 10.9 Å². The number of ether oxygens (including phenoxy) is 1. The van der Waals surface area contributed by atoms with Crippen LogP contribution < -0.4 is 5.32 Å². The van der Waals surface area contributed by atoms with Crippen LogP contribution >= 0.6 is 0 Å². The molecule has 132 valence electrons. The smallest absolute Gasteiger partial charge is 0.268 e. The Morgan fingerprint density at radius 3 is 2.67 bits per heavy atom. The number of benzene rings is 1. The van der Waals surface area contributed by atoms with Gasteiger partial charge in [-0.05, 0) is 63.8 Å². The molecule has 0 saturated carbocycles. The summed E-state index contributed by atoms with van der Waals surface area (Å²) in [6.45, 7) is 12.4. The lowest BCUT2D eigenvalue weighted by atomic mass is 10.1. The van der Waals surface area contributed by atoms with Gasteiger partial charge in [0.25, 0.3) is 5.91 Å². The predicted molar refractivity (Wildman–Crippen MR) is 99.8 cm³/mol.